The van der Waals surface area contributed by atoms with Crippen molar-refractivity contribution in [2.75, 3.05) is 7.11 Å². The number of ether oxygens (including phenoxy) is 3. The number of aromatic carboxylic acids is 1. The number of hydrogen-bond acceptors (Lipinski definition) is 5. The first kappa shape index (κ1) is 17.8. The van der Waals surface area contributed by atoms with Crippen molar-refractivity contribution in [2.45, 2.75) is 13.0 Å². The summed E-state index contributed by atoms with van der Waals surface area (Å²) in [4.78, 5) is 23.0. The van der Waals surface area contributed by atoms with Crippen molar-refractivity contribution in [3.63, 3.8) is 0 Å². The van der Waals surface area contributed by atoms with Gasteiger partial charge < -0.3 is 19.3 Å². The van der Waals surface area contributed by atoms with Gasteiger partial charge in [-0.05, 0) is 65.3 Å². The van der Waals surface area contributed by atoms with Crippen LogP contribution in [0.3, 0.4) is 0 Å². The number of benzene rings is 2. The predicted molar refractivity (Wildman–Crippen MR) is 89.8 cm³/mol. The smallest absolute Gasteiger partial charge is 0.352 e. The zero-order chi connectivity index (χ0) is 17.7. The third-order valence-corrected chi connectivity index (χ3v) is 3.71. The molecule has 126 valence electrons. The third kappa shape index (κ3) is 4.48. The SMILES string of the molecule is COc1ccc(OC(C)C(=O)Oc2ccc(C(=O)O)cc2Br)cc1. The lowest BCUT2D eigenvalue weighted by Gasteiger charge is -2.15. The van der Waals surface area contributed by atoms with Crippen LogP contribution in [-0.4, -0.2) is 30.3 Å². The minimum atomic E-state index is -1.07. The van der Waals surface area contributed by atoms with Crippen molar-refractivity contribution in [3.05, 3.63) is 52.5 Å². The van der Waals surface area contributed by atoms with Gasteiger partial charge in [0.1, 0.15) is 17.2 Å². The van der Waals surface area contributed by atoms with Crippen LogP contribution in [0.25, 0.3) is 0 Å². The zero-order valence-corrected chi connectivity index (χ0v) is 14.6. The largest absolute Gasteiger partial charge is 0.497 e. The fourth-order valence-corrected chi connectivity index (χ4v) is 2.27. The monoisotopic (exact) mass is 394 g/mol. The summed E-state index contributed by atoms with van der Waals surface area (Å²) < 4.78 is 16.2. The second-order valence-corrected chi connectivity index (χ2v) is 5.66. The number of carboxylic acids is 1. The van der Waals surface area contributed by atoms with Crippen LogP contribution in [0.5, 0.6) is 17.2 Å². The molecular formula is C17H15BrO6. The minimum Gasteiger partial charge on any atom is -0.497 e. The molecule has 0 saturated heterocycles. The molecule has 0 saturated carbocycles. The number of carbonyl (C=O) groups excluding carboxylic acids is 1. The number of carbonyl (C=O) groups is 2. The van der Waals surface area contributed by atoms with Crippen molar-refractivity contribution in [1.29, 1.82) is 0 Å². The zero-order valence-electron chi connectivity index (χ0n) is 13.0. The van der Waals surface area contributed by atoms with Crippen LogP contribution >= 0.6 is 15.9 Å². The lowest BCUT2D eigenvalue weighted by atomic mass is 10.2. The molecule has 6 nitrogen and oxygen atoms in total. The fourth-order valence-electron chi connectivity index (χ4n) is 1.81. The van der Waals surface area contributed by atoms with E-state index in [1.807, 2.05) is 0 Å². The van der Waals surface area contributed by atoms with E-state index in [2.05, 4.69) is 15.9 Å². The quantitative estimate of drug-likeness (QED) is 0.595. The van der Waals surface area contributed by atoms with Gasteiger partial charge in [-0.2, -0.15) is 0 Å². The van der Waals surface area contributed by atoms with Gasteiger partial charge in [-0.25, -0.2) is 9.59 Å². The van der Waals surface area contributed by atoms with Crippen LogP contribution in [-0.2, 0) is 4.79 Å². The Balaban J connectivity index is 2.01. The van der Waals surface area contributed by atoms with Crippen LogP contribution < -0.4 is 14.2 Å². The third-order valence-electron chi connectivity index (χ3n) is 3.09. The number of esters is 1. The van der Waals surface area contributed by atoms with Crippen LogP contribution in [0.15, 0.2) is 46.9 Å². The van der Waals surface area contributed by atoms with Gasteiger partial charge in [-0.3, -0.25) is 0 Å². The lowest BCUT2D eigenvalue weighted by molar-refractivity contribution is -0.141. The second kappa shape index (κ2) is 7.83. The summed E-state index contributed by atoms with van der Waals surface area (Å²) in [6.45, 7) is 1.56. The Morgan fingerprint density at radius 2 is 1.71 bits per heavy atom. The van der Waals surface area contributed by atoms with Gasteiger partial charge in [0, 0.05) is 0 Å². The van der Waals surface area contributed by atoms with Gasteiger partial charge in [-0.15, -0.1) is 0 Å². The Morgan fingerprint density at radius 1 is 1.08 bits per heavy atom. The summed E-state index contributed by atoms with van der Waals surface area (Å²) >= 11 is 3.18. The molecule has 0 fully saturated rings. The van der Waals surface area contributed by atoms with Crippen LogP contribution in [0.4, 0.5) is 0 Å². The molecule has 0 aliphatic carbocycles. The molecule has 0 aliphatic rings. The number of rotatable bonds is 6. The Labute approximate surface area is 147 Å². The highest BCUT2D eigenvalue weighted by atomic mass is 79.9. The van der Waals surface area contributed by atoms with E-state index < -0.39 is 18.0 Å². The summed E-state index contributed by atoms with van der Waals surface area (Å²) in [5.74, 6) is -0.268. The molecule has 0 aromatic heterocycles. The van der Waals surface area contributed by atoms with E-state index in [9.17, 15) is 9.59 Å². The average Bonchev–Trinajstić information content (AvgIpc) is 2.57. The number of carboxylic acid groups (broad SMARTS) is 1. The highest BCUT2D eigenvalue weighted by Gasteiger charge is 2.19. The molecule has 7 heteroatoms. The van der Waals surface area contributed by atoms with Crippen molar-refractivity contribution < 1.29 is 28.9 Å². The maximum absolute atomic E-state index is 12.1. The van der Waals surface area contributed by atoms with Crippen molar-refractivity contribution in [2.24, 2.45) is 0 Å². The predicted octanol–water partition coefficient (Wildman–Crippen LogP) is 3.53. The fraction of sp³-hybridized carbons (Fsp3) is 0.176. The van der Waals surface area contributed by atoms with Gasteiger partial charge in [0.05, 0.1) is 17.1 Å². The topological polar surface area (TPSA) is 82.1 Å². The molecule has 0 radical (unpaired) electrons. The first-order valence-electron chi connectivity index (χ1n) is 6.96. The molecule has 0 bridgehead atoms. The highest BCUT2D eigenvalue weighted by Crippen LogP contribution is 2.27. The molecule has 24 heavy (non-hydrogen) atoms. The highest BCUT2D eigenvalue weighted by molar-refractivity contribution is 9.10. The molecule has 1 N–H and O–H groups in total. The first-order valence-corrected chi connectivity index (χ1v) is 7.75. The minimum absolute atomic E-state index is 0.0872. The molecule has 0 amide bonds. The Morgan fingerprint density at radius 3 is 2.25 bits per heavy atom. The molecule has 0 spiro atoms. The Bertz CT molecular complexity index is 741. The molecule has 0 aliphatic heterocycles. The summed E-state index contributed by atoms with van der Waals surface area (Å²) in [5.41, 5.74) is 0.0872. The van der Waals surface area contributed by atoms with E-state index in [0.717, 1.165) is 0 Å². The van der Waals surface area contributed by atoms with E-state index in [1.54, 1.807) is 38.3 Å². The van der Waals surface area contributed by atoms with E-state index in [4.69, 9.17) is 19.3 Å². The number of halogens is 1. The molecule has 2 rings (SSSR count). The number of hydrogen-bond donors (Lipinski definition) is 1. The Kier molecular flexibility index (Phi) is 5.81. The van der Waals surface area contributed by atoms with E-state index in [1.165, 1.54) is 18.2 Å². The van der Waals surface area contributed by atoms with Crippen LogP contribution in [0.2, 0.25) is 0 Å². The maximum Gasteiger partial charge on any atom is 0.352 e. The van der Waals surface area contributed by atoms with Crippen LogP contribution in [0.1, 0.15) is 17.3 Å². The maximum atomic E-state index is 12.1. The first-order chi connectivity index (χ1) is 11.4. The summed E-state index contributed by atoms with van der Waals surface area (Å²) in [6.07, 6.45) is -0.843. The van der Waals surface area contributed by atoms with Gasteiger partial charge in [0.2, 0.25) is 0 Å². The van der Waals surface area contributed by atoms with Crippen molar-refractivity contribution in [3.8, 4) is 17.2 Å². The van der Waals surface area contributed by atoms with Crippen LogP contribution in [0, 0.1) is 0 Å². The molecule has 1 atom stereocenters. The Hall–Kier alpha value is -2.54. The van der Waals surface area contributed by atoms with Gasteiger partial charge in [-0.1, -0.05) is 0 Å². The standard InChI is InChI=1S/C17H15BrO6/c1-10(23-13-6-4-12(22-2)5-7-13)17(21)24-15-8-3-11(16(19)20)9-14(15)18/h3-10H,1-2H3,(H,19,20). The summed E-state index contributed by atoms with van der Waals surface area (Å²) in [6, 6.07) is 10.9. The summed E-state index contributed by atoms with van der Waals surface area (Å²) in [5, 5.41) is 8.91. The van der Waals surface area contributed by atoms with E-state index >= 15 is 0 Å². The van der Waals surface area contributed by atoms with E-state index in [-0.39, 0.29) is 11.3 Å². The molecule has 2 aromatic carbocycles. The normalized spacial score (nSPS) is 11.5. The molecule has 0 heterocycles. The second-order valence-electron chi connectivity index (χ2n) is 4.81. The number of methoxy groups -OCH3 is 1. The van der Waals surface area contributed by atoms with Gasteiger partial charge in [0.15, 0.2) is 6.10 Å². The molecule has 2 aromatic rings. The van der Waals surface area contributed by atoms with Crippen molar-refractivity contribution >= 4 is 27.9 Å². The molecular weight excluding hydrogens is 380 g/mol. The van der Waals surface area contributed by atoms with Gasteiger partial charge in [0.25, 0.3) is 0 Å². The average molecular weight is 395 g/mol. The lowest BCUT2D eigenvalue weighted by Crippen LogP contribution is -2.28. The van der Waals surface area contributed by atoms with Crippen molar-refractivity contribution in [1.82, 2.24) is 0 Å². The van der Waals surface area contributed by atoms with Gasteiger partial charge >= 0.3 is 11.9 Å². The van der Waals surface area contributed by atoms with E-state index in [0.29, 0.717) is 16.0 Å². The summed E-state index contributed by atoms with van der Waals surface area (Å²) in [7, 11) is 1.56. The molecule has 1 unspecified atom stereocenters.